The van der Waals surface area contributed by atoms with E-state index in [1.165, 1.54) is 24.3 Å². The molecule has 0 fully saturated rings. The van der Waals surface area contributed by atoms with E-state index in [4.69, 9.17) is 11.5 Å². The van der Waals surface area contributed by atoms with E-state index in [1.807, 2.05) is 0 Å². The summed E-state index contributed by atoms with van der Waals surface area (Å²) in [4.78, 5) is 0.272. The molecule has 0 saturated heterocycles. The quantitative estimate of drug-likeness (QED) is 0.148. The maximum atomic E-state index is 11.0. The van der Waals surface area contributed by atoms with Crippen molar-refractivity contribution in [3.8, 4) is 0 Å². The van der Waals surface area contributed by atoms with Crippen molar-refractivity contribution in [3.63, 3.8) is 0 Å². The molecular formula is C14H14N2Na2O6S2. The van der Waals surface area contributed by atoms with Gasteiger partial charge in [0.2, 0.25) is 0 Å². The van der Waals surface area contributed by atoms with Crippen LogP contribution in [0.25, 0.3) is 0 Å². The van der Waals surface area contributed by atoms with Gasteiger partial charge in [-0.2, -0.15) is 4.33 Å². The minimum absolute atomic E-state index is 0. The number of benzene rings is 2. The van der Waals surface area contributed by atoms with Crippen molar-refractivity contribution < 1.29 is 86.7 Å². The molecule has 0 aliphatic heterocycles. The standard InChI is InChI=1S/C14H16N2O6S2.2Na/c15-9-14(16,10-1-5-12(6-2-10)23-22-21-17)11-3-7-13(8-4-11)24(18,19)20;;/h1-8,17H,9,15-16H2,(H,18,19,20);;/q;2*+1/p-2. The first-order chi connectivity index (χ1) is 11.3. The summed E-state index contributed by atoms with van der Waals surface area (Å²) in [5.41, 5.74) is 12.3. The summed E-state index contributed by atoms with van der Waals surface area (Å²) in [5, 5.41) is 13.1. The summed E-state index contributed by atoms with van der Waals surface area (Å²) in [7, 11) is -4.53. The van der Waals surface area contributed by atoms with E-state index in [0.717, 1.165) is 12.0 Å². The molecule has 0 bridgehead atoms. The van der Waals surface area contributed by atoms with Crippen molar-refractivity contribution in [2.45, 2.75) is 15.3 Å². The van der Waals surface area contributed by atoms with Crippen LogP contribution in [0.3, 0.4) is 0 Å². The molecule has 0 saturated carbocycles. The fraction of sp³-hybridized carbons (Fsp3) is 0.143. The zero-order valence-electron chi connectivity index (χ0n) is 14.2. The van der Waals surface area contributed by atoms with Crippen molar-refractivity contribution in [3.05, 3.63) is 59.7 Å². The largest absolute Gasteiger partial charge is 1.00 e. The number of hydrogen-bond acceptors (Lipinski definition) is 9. The van der Waals surface area contributed by atoms with E-state index in [2.05, 4.69) is 9.37 Å². The van der Waals surface area contributed by atoms with Gasteiger partial charge in [-0.1, -0.05) is 24.3 Å². The summed E-state index contributed by atoms with van der Waals surface area (Å²) < 4.78 is 37.2. The van der Waals surface area contributed by atoms with Crippen molar-refractivity contribution in [1.29, 1.82) is 0 Å². The van der Waals surface area contributed by atoms with Crippen LogP contribution < -0.4 is 75.8 Å². The second-order valence-corrected chi connectivity index (χ2v) is 7.05. The monoisotopic (exact) mass is 416 g/mol. The van der Waals surface area contributed by atoms with Gasteiger partial charge in [0.25, 0.3) is 0 Å². The Labute approximate surface area is 200 Å². The molecule has 2 rings (SSSR count). The fourth-order valence-electron chi connectivity index (χ4n) is 2.18. The van der Waals surface area contributed by atoms with Crippen molar-refractivity contribution >= 4 is 22.2 Å². The molecule has 12 heteroatoms. The van der Waals surface area contributed by atoms with Crippen molar-refractivity contribution in [2.24, 2.45) is 11.5 Å². The predicted octanol–water partition coefficient (Wildman–Crippen LogP) is -6.01. The molecule has 26 heavy (non-hydrogen) atoms. The normalized spacial score (nSPS) is 13.2. The molecule has 8 nitrogen and oxygen atoms in total. The van der Waals surface area contributed by atoms with Crippen molar-refractivity contribution in [2.75, 3.05) is 6.54 Å². The third-order valence-corrected chi connectivity index (χ3v) is 4.95. The van der Waals surface area contributed by atoms with Crippen LogP contribution in [0.4, 0.5) is 0 Å². The summed E-state index contributed by atoms with van der Waals surface area (Å²) >= 11 is 0.740. The van der Waals surface area contributed by atoms with Gasteiger partial charge in [0.1, 0.15) is 10.1 Å². The Kier molecular flexibility index (Phi) is 11.7. The Morgan fingerprint density at radius 3 is 1.85 bits per heavy atom. The molecule has 130 valence electrons. The van der Waals surface area contributed by atoms with E-state index >= 15 is 0 Å². The molecular weight excluding hydrogens is 402 g/mol. The molecule has 0 aliphatic carbocycles. The average molecular weight is 416 g/mol. The maximum absolute atomic E-state index is 11.0. The minimum Gasteiger partial charge on any atom is -0.744 e. The zero-order chi connectivity index (χ0) is 17.8. The average Bonchev–Trinajstić information content (AvgIpc) is 2.59. The molecule has 0 aliphatic rings. The molecule has 4 N–H and O–H groups in total. The Bertz CT molecular complexity index is 790. The third kappa shape index (κ3) is 6.54. The van der Waals surface area contributed by atoms with E-state index in [-0.39, 0.29) is 70.6 Å². The van der Waals surface area contributed by atoms with Gasteiger partial charge in [-0.3, -0.25) is 5.04 Å². The molecule has 0 radical (unpaired) electrons. The minimum atomic E-state index is -4.53. The molecule has 0 heterocycles. The molecule has 1 unspecified atom stereocenters. The first-order valence-electron chi connectivity index (χ1n) is 6.60. The molecule has 0 spiro atoms. The van der Waals surface area contributed by atoms with Crippen LogP contribution >= 0.6 is 12.0 Å². The topological polar surface area (TPSA) is 151 Å². The van der Waals surface area contributed by atoms with E-state index in [9.17, 15) is 18.2 Å². The molecule has 1 atom stereocenters. The zero-order valence-corrected chi connectivity index (χ0v) is 19.9. The van der Waals surface area contributed by atoms with E-state index in [1.54, 1.807) is 24.3 Å². The van der Waals surface area contributed by atoms with Gasteiger partial charge in [-0.25, -0.2) is 8.42 Å². The van der Waals surface area contributed by atoms with Gasteiger partial charge < -0.3 is 21.3 Å². The molecule has 2 aromatic carbocycles. The van der Waals surface area contributed by atoms with Crippen LogP contribution in [-0.4, -0.2) is 19.5 Å². The van der Waals surface area contributed by atoms with Gasteiger partial charge in [-0.05, 0) is 35.4 Å². The maximum Gasteiger partial charge on any atom is 1.00 e. The van der Waals surface area contributed by atoms with E-state index in [0.29, 0.717) is 16.0 Å². The van der Waals surface area contributed by atoms with Gasteiger partial charge in [0.15, 0.2) is 0 Å². The van der Waals surface area contributed by atoms with Gasteiger partial charge >= 0.3 is 59.1 Å². The van der Waals surface area contributed by atoms with Crippen LogP contribution in [0, 0.1) is 0 Å². The third-order valence-electron chi connectivity index (χ3n) is 3.51. The van der Waals surface area contributed by atoms with Gasteiger partial charge in [-0.15, -0.1) is 0 Å². The number of hydrogen-bond donors (Lipinski definition) is 2. The smallest absolute Gasteiger partial charge is 0.744 e. The van der Waals surface area contributed by atoms with Crippen LogP contribution in [0.2, 0.25) is 0 Å². The van der Waals surface area contributed by atoms with Gasteiger partial charge in [0.05, 0.1) is 22.5 Å². The number of rotatable bonds is 7. The Morgan fingerprint density at radius 2 is 1.46 bits per heavy atom. The predicted molar refractivity (Wildman–Crippen MR) is 82.9 cm³/mol. The van der Waals surface area contributed by atoms with E-state index < -0.39 is 15.7 Å². The summed E-state index contributed by atoms with van der Waals surface area (Å²) in [6.45, 7) is 0.0448. The first kappa shape index (κ1) is 26.5. The van der Waals surface area contributed by atoms with Crippen LogP contribution in [0.15, 0.2) is 58.3 Å². The van der Waals surface area contributed by atoms with Crippen LogP contribution in [-0.2, 0) is 25.0 Å². The molecule has 0 amide bonds. The van der Waals surface area contributed by atoms with Crippen LogP contribution in [0.1, 0.15) is 11.1 Å². The van der Waals surface area contributed by atoms with Crippen molar-refractivity contribution in [1.82, 2.24) is 0 Å². The SMILES string of the molecule is NCC(N)(c1ccc(SOO[O-])cc1)c1ccc(S(=O)(=O)[O-])cc1.[Na+].[Na+]. The molecule has 0 aromatic heterocycles. The fourth-order valence-corrected chi connectivity index (χ4v) is 3.01. The Balaban J connectivity index is 0.00000312. The first-order valence-corrected chi connectivity index (χ1v) is 8.75. The summed E-state index contributed by atoms with van der Waals surface area (Å²) in [6.07, 6.45) is 0. The molecule has 2 aromatic rings. The Hall–Kier alpha value is 0.500. The number of nitrogens with two attached hydrogens (primary N) is 2. The summed E-state index contributed by atoms with van der Waals surface area (Å²) in [6, 6.07) is 12.0. The second-order valence-electron chi connectivity index (χ2n) is 4.90. The van der Waals surface area contributed by atoms with Gasteiger partial charge in [0, 0.05) is 11.4 Å². The van der Waals surface area contributed by atoms with Crippen LogP contribution in [0.5, 0.6) is 0 Å². The summed E-state index contributed by atoms with van der Waals surface area (Å²) in [5.74, 6) is 0. The Morgan fingerprint density at radius 1 is 1.00 bits per heavy atom. The second kappa shape index (κ2) is 11.5.